The molecule has 0 atom stereocenters. The molecule has 0 aromatic heterocycles. The van der Waals surface area contributed by atoms with Crippen molar-refractivity contribution in [1.29, 1.82) is 0 Å². The molecule has 142 valence electrons. The minimum atomic E-state index is -0.392. The predicted octanol–water partition coefficient (Wildman–Crippen LogP) is 2.06. The number of carbonyl (C=O) groups excluding carboxylic acids is 2. The number of nitrogen functional groups attached to an aromatic ring is 2. The van der Waals surface area contributed by atoms with Gasteiger partial charge in [0, 0.05) is 29.4 Å². The van der Waals surface area contributed by atoms with Crippen molar-refractivity contribution in [2.24, 2.45) is 5.92 Å². The fourth-order valence-corrected chi connectivity index (χ4v) is 3.42. The van der Waals surface area contributed by atoms with E-state index in [1.165, 1.54) is 5.56 Å². The number of amides is 2. The van der Waals surface area contributed by atoms with Crippen molar-refractivity contribution < 1.29 is 9.59 Å². The van der Waals surface area contributed by atoms with Gasteiger partial charge in [-0.3, -0.25) is 14.9 Å². The zero-order chi connectivity index (χ0) is 19.2. The van der Waals surface area contributed by atoms with E-state index >= 15 is 0 Å². The van der Waals surface area contributed by atoms with Crippen molar-refractivity contribution >= 4 is 23.2 Å². The molecule has 1 saturated heterocycles. The van der Waals surface area contributed by atoms with E-state index in [1.807, 2.05) is 18.2 Å². The molecule has 2 amide bonds. The predicted molar refractivity (Wildman–Crippen MR) is 107 cm³/mol. The fourth-order valence-electron chi connectivity index (χ4n) is 3.42. The van der Waals surface area contributed by atoms with Gasteiger partial charge in [0.25, 0.3) is 5.91 Å². The number of carbonyl (C=O) groups is 2. The lowest BCUT2D eigenvalue weighted by Crippen LogP contribution is -2.42. The van der Waals surface area contributed by atoms with E-state index in [0.717, 1.165) is 44.6 Å². The summed E-state index contributed by atoms with van der Waals surface area (Å²) in [5, 5.41) is 2.51. The van der Waals surface area contributed by atoms with Gasteiger partial charge in [-0.05, 0) is 68.2 Å². The third-order valence-electron chi connectivity index (χ3n) is 5.01. The Morgan fingerprint density at radius 1 is 1.00 bits per heavy atom. The molecule has 5 N–H and O–H groups in total. The molecule has 0 saturated carbocycles. The fraction of sp³-hybridized carbons (Fsp3) is 0.333. The van der Waals surface area contributed by atoms with Crippen LogP contribution in [-0.4, -0.2) is 36.3 Å². The van der Waals surface area contributed by atoms with Gasteiger partial charge in [-0.25, -0.2) is 0 Å². The van der Waals surface area contributed by atoms with Crippen molar-refractivity contribution in [3.05, 3.63) is 59.7 Å². The number of rotatable bonds is 5. The van der Waals surface area contributed by atoms with Crippen LogP contribution in [0.25, 0.3) is 0 Å². The third-order valence-corrected chi connectivity index (χ3v) is 5.01. The number of nitrogens with zero attached hydrogens (tertiary/aromatic N) is 1. The Balaban J connectivity index is 1.44. The van der Waals surface area contributed by atoms with Crippen LogP contribution in [0.4, 0.5) is 11.4 Å². The summed E-state index contributed by atoms with van der Waals surface area (Å²) in [6.45, 7) is 2.65. The number of hydrogen-bond donors (Lipinski definition) is 3. The van der Waals surface area contributed by atoms with Crippen LogP contribution in [0.15, 0.2) is 48.5 Å². The Morgan fingerprint density at radius 3 is 2.33 bits per heavy atom. The van der Waals surface area contributed by atoms with Crippen LogP contribution in [0.1, 0.15) is 28.8 Å². The van der Waals surface area contributed by atoms with E-state index in [0.29, 0.717) is 11.3 Å². The van der Waals surface area contributed by atoms with Gasteiger partial charge >= 0.3 is 0 Å². The molecule has 6 nitrogen and oxygen atoms in total. The summed E-state index contributed by atoms with van der Waals surface area (Å²) in [5.74, 6) is -0.715. The first-order valence-corrected chi connectivity index (χ1v) is 9.29. The highest BCUT2D eigenvalue weighted by Gasteiger charge is 2.26. The van der Waals surface area contributed by atoms with Crippen molar-refractivity contribution in [2.45, 2.75) is 19.3 Å². The summed E-state index contributed by atoms with van der Waals surface area (Å²) in [6.07, 6.45) is 2.45. The van der Waals surface area contributed by atoms with Gasteiger partial charge in [-0.15, -0.1) is 0 Å². The van der Waals surface area contributed by atoms with Gasteiger partial charge in [0.15, 0.2) is 0 Å². The highest BCUT2D eigenvalue weighted by molar-refractivity contribution is 6.05. The van der Waals surface area contributed by atoms with Gasteiger partial charge in [0.05, 0.1) is 0 Å². The Labute approximate surface area is 159 Å². The molecule has 1 heterocycles. The van der Waals surface area contributed by atoms with Crippen molar-refractivity contribution in [3.63, 3.8) is 0 Å². The maximum atomic E-state index is 12.4. The van der Waals surface area contributed by atoms with Crippen molar-refractivity contribution in [1.82, 2.24) is 10.2 Å². The van der Waals surface area contributed by atoms with Crippen LogP contribution >= 0.6 is 0 Å². The van der Waals surface area contributed by atoms with Gasteiger partial charge in [-0.1, -0.05) is 18.2 Å². The number of likely N-dealkylation sites (tertiary alicyclic amines) is 1. The number of benzene rings is 2. The van der Waals surface area contributed by atoms with Crippen LogP contribution in [0.5, 0.6) is 0 Å². The molecule has 1 fully saturated rings. The minimum Gasteiger partial charge on any atom is -0.399 e. The molecule has 0 aliphatic carbocycles. The standard InChI is InChI=1S/C21H26N4O2/c22-18-5-1-3-15(13-18)7-10-25-11-8-16(9-12-25)20(26)24-21(27)17-4-2-6-19(23)14-17/h1-6,13-14,16H,7-12,22-23H2,(H,24,26,27). The molecule has 0 unspecified atom stereocenters. The maximum Gasteiger partial charge on any atom is 0.257 e. The van der Waals surface area contributed by atoms with Crippen LogP contribution in [0, 0.1) is 5.92 Å². The van der Waals surface area contributed by atoms with E-state index in [9.17, 15) is 9.59 Å². The third kappa shape index (κ3) is 5.31. The summed E-state index contributed by atoms with van der Waals surface area (Å²) < 4.78 is 0. The molecule has 2 aromatic carbocycles. The zero-order valence-corrected chi connectivity index (χ0v) is 15.4. The Hall–Kier alpha value is -2.86. The van der Waals surface area contributed by atoms with Crippen molar-refractivity contribution in [2.75, 3.05) is 31.1 Å². The summed E-state index contributed by atoms with van der Waals surface area (Å²) in [5.41, 5.74) is 14.4. The monoisotopic (exact) mass is 366 g/mol. The minimum absolute atomic E-state index is 0.126. The normalized spacial score (nSPS) is 15.4. The number of anilines is 2. The van der Waals surface area contributed by atoms with Crippen molar-refractivity contribution in [3.8, 4) is 0 Å². The van der Waals surface area contributed by atoms with E-state index in [2.05, 4.69) is 16.3 Å². The Morgan fingerprint density at radius 2 is 1.67 bits per heavy atom. The highest BCUT2D eigenvalue weighted by Crippen LogP contribution is 2.18. The van der Waals surface area contributed by atoms with Gasteiger partial charge in [0.1, 0.15) is 0 Å². The topological polar surface area (TPSA) is 101 Å². The molecule has 0 radical (unpaired) electrons. The molecule has 0 spiro atoms. The van der Waals surface area contributed by atoms with E-state index < -0.39 is 5.91 Å². The number of imide groups is 1. The van der Waals surface area contributed by atoms with Crippen LogP contribution < -0.4 is 16.8 Å². The van der Waals surface area contributed by atoms with Crippen LogP contribution in [0.2, 0.25) is 0 Å². The average molecular weight is 366 g/mol. The van der Waals surface area contributed by atoms with E-state index in [1.54, 1.807) is 24.3 Å². The zero-order valence-electron chi connectivity index (χ0n) is 15.4. The molecule has 3 rings (SSSR count). The number of nitrogens with one attached hydrogen (secondary N) is 1. The SMILES string of the molecule is Nc1cccc(CCN2CCC(C(=O)NC(=O)c3cccc(N)c3)CC2)c1. The van der Waals surface area contributed by atoms with E-state index in [4.69, 9.17) is 11.5 Å². The van der Waals surface area contributed by atoms with Crippen LogP contribution in [-0.2, 0) is 11.2 Å². The lowest BCUT2D eigenvalue weighted by atomic mass is 9.95. The highest BCUT2D eigenvalue weighted by atomic mass is 16.2. The lowest BCUT2D eigenvalue weighted by Gasteiger charge is -2.31. The smallest absolute Gasteiger partial charge is 0.257 e. The lowest BCUT2D eigenvalue weighted by molar-refractivity contribution is -0.125. The second-order valence-electron chi connectivity index (χ2n) is 7.05. The molecule has 1 aliphatic heterocycles. The number of nitrogens with two attached hydrogens (primary N) is 2. The average Bonchev–Trinajstić information content (AvgIpc) is 2.67. The summed E-state index contributed by atoms with van der Waals surface area (Å²) in [6, 6.07) is 14.6. The Kier molecular flexibility index (Phi) is 6.08. The molecule has 6 heteroatoms. The molecule has 0 bridgehead atoms. The molecule has 1 aliphatic rings. The Bertz CT molecular complexity index is 813. The number of hydrogen-bond acceptors (Lipinski definition) is 5. The first kappa shape index (κ1) is 18.9. The second kappa shape index (κ2) is 8.68. The van der Waals surface area contributed by atoms with E-state index in [-0.39, 0.29) is 11.8 Å². The summed E-state index contributed by atoms with van der Waals surface area (Å²) in [4.78, 5) is 26.9. The molecular weight excluding hydrogens is 340 g/mol. The number of piperidine rings is 1. The molecule has 27 heavy (non-hydrogen) atoms. The maximum absolute atomic E-state index is 12.4. The first-order valence-electron chi connectivity index (χ1n) is 9.29. The summed E-state index contributed by atoms with van der Waals surface area (Å²) >= 11 is 0. The van der Waals surface area contributed by atoms with Gasteiger partial charge in [-0.2, -0.15) is 0 Å². The van der Waals surface area contributed by atoms with Gasteiger partial charge < -0.3 is 16.4 Å². The summed E-state index contributed by atoms with van der Waals surface area (Å²) in [7, 11) is 0. The largest absolute Gasteiger partial charge is 0.399 e. The molecular formula is C21H26N4O2. The second-order valence-corrected chi connectivity index (χ2v) is 7.05. The first-order chi connectivity index (χ1) is 13.0. The quantitative estimate of drug-likeness (QED) is 0.555. The van der Waals surface area contributed by atoms with Gasteiger partial charge in [0.2, 0.25) is 5.91 Å². The van der Waals surface area contributed by atoms with Crippen LogP contribution in [0.3, 0.4) is 0 Å². The molecule has 2 aromatic rings.